The van der Waals surface area contributed by atoms with Gasteiger partial charge in [0.15, 0.2) is 5.16 Å². The molecule has 0 fully saturated rings. The minimum atomic E-state index is -0.407. The van der Waals surface area contributed by atoms with Crippen molar-refractivity contribution in [2.24, 2.45) is 0 Å². The number of aliphatic hydroxyl groups is 1. The van der Waals surface area contributed by atoms with Crippen LogP contribution in [0.25, 0.3) is 0 Å². The average Bonchev–Trinajstić information content (AvgIpc) is 2.63. The predicted octanol–water partition coefficient (Wildman–Crippen LogP) is 0.671. The molecule has 1 aromatic heterocycles. The fourth-order valence-corrected chi connectivity index (χ4v) is 1.43. The van der Waals surface area contributed by atoms with E-state index in [0.29, 0.717) is 23.2 Å². The highest BCUT2D eigenvalue weighted by molar-refractivity contribution is 7.99. The van der Waals surface area contributed by atoms with Crippen molar-refractivity contribution in [2.45, 2.75) is 12.1 Å². The molecule has 1 rings (SSSR count). The molecule has 0 atom stereocenters. The van der Waals surface area contributed by atoms with E-state index in [1.165, 1.54) is 18.0 Å². The highest BCUT2D eigenvalue weighted by Crippen LogP contribution is 2.13. The largest absolute Gasteiger partial charge is 0.461 e. The summed E-state index contributed by atoms with van der Waals surface area (Å²) in [6.07, 6.45) is 1.43. The lowest BCUT2D eigenvalue weighted by Crippen LogP contribution is -2.04. The van der Waals surface area contributed by atoms with Crippen LogP contribution in [0.3, 0.4) is 0 Å². The molecule has 0 spiro atoms. The monoisotopic (exact) mass is 216 g/mol. The van der Waals surface area contributed by atoms with E-state index in [1.807, 2.05) is 0 Å². The van der Waals surface area contributed by atoms with Crippen molar-refractivity contribution in [1.82, 2.24) is 9.97 Å². The molecule has 0 radical (unpaired) electrons. The maximum absolute atomic E-state index is 11.2. The maximum Gasteiger partial charge on any atom is 0.356 e. The van der Waals surface area contributed by atoms with Gasteiger partial charge in [-0.15, -0.1) is 0 Å². The molecule has 0 aliphatic rings. The molecule has 2 N–H and O–H groups in total. The summed E-state index contributed by atoms with van der Waals surface area (Å²) in [4.78, 5) is 17.9. The lowest BCUT2D eigenvalue weighted by molar-refractivity contribution is 0.0519. The number of nitrogens with zero attached hydrogens (tertiary/aromatic N) is 1. The smallest absolute Gasteiger partial charge is 0.356 e. The van der Waals surface area contributed by atoms with Crippen LogP contribution < -0.4 is 0 Å². The van der Waals surface area contributed by atoms with Gasteiger partial charge in [-0.1, -0.05) is 11.8 Å². The molecule has 0 unspecified atom stereocenters. The molecular weight excluding hydrogens is 204 g/mol. The lowest BCUT2D eigenvalue weighted by atomic mass is 10.5. The van der Waals surface area contributed by atoms with Gasteiger partial charge in [-0.25, -0.2) is 9.78 Å². The van der Waals surface area contributed by atoms with Crippen molar-refractivity contribution >= 4 is 17.7 Å². The number of imidazole rings is 1. The van der Waals surface area contributed by atoms with Crippen molar-refractivity contribution < 1.29 is 14.6 Å². The number of hydrogen-bond donors (Lipinski definition) is 2. The predicted molar refractivity (Wildman–Crippen MR) is 52.4 cm³/mol. The van der Waals surface area contributed by atoms with E-state index in [-0.39, 0.29) is 6.61 Å². The number of nitrogens with one attached hydrogen (secondary N) is 1. The van der Waals surface area contributed by atoms with E-state index in [4.69, 9.17) is 9.84 Å². The Bertz CT molecular complexity index is 301. The first-order chi connectivity index (χ1) is 6.77. The number of aliphatic hydroxyl groups excluding tert-OH is 1. The summed E-state index contributed by atoms with van der Waals surface area (Å²) in [5.74, 6) is 0.145. The molecule has 0 saturated heterocycles. The zero-order valence-corrected chi connectivity index (χ0v) is 8.63. The summed E-state index contributed by atoms with van der Waals surface area (Å²) >= 11 is 1.35. The molecule has 5 nitrogen and oxygen atoms in total. The second-order valence-corrected chi connectivity index (χ2v) is 3.48. The minimum Gasteiger partial charge on any atom is -0.461 e. The number of carbonyl (C=O) groups excluding carboxylic acids is 1. The van der Waals surface area contributed by atoms with E-state index in [2.05, 4.69) is 9.97 Å². The van der Waals surface area contributed by atoms with Crippen molar-refractivity contribution in [3.8, 4) is 0 Å². The van der Waals surface area contributed by atoms with E-state index in [0.717, 1.165) is 0 Å². The number of carbonyl (C=O) groups is 1. The second-order valence-electron chi connectivity index (χ2n) is 2.39. The molecule has 0 bridgehead atoms. The molecule has 6 heteroatoms. The molecule has 1 heterocycles. The Balaban J connectivity index is 2.54. The van der Waals surface area contributed by atoms with Crippen LogP contribution in [-0.2, 0) is 4.74 Å². The average molecular weight is 216 g/mol. The standard InChI is InChI=1S/C8H12N2O3S/c1-2-13-7(12)6-5-9-8(10-6)14-4-3-11/h5,11H,2-4H2,1H3,(H,9,10). The van der Waals surface area contributed by atoms with Crippen molar-refractivity contribution in [3.05, 3.63) is 11.9 Å². The Kier molecular flexibility index (Phi) is 4.48. The van der Waals surface area contributed by atoms with E-state index in [9.17, 15) is 4.79 Å². The molecule has 78 valence electrons. The van der Waals surface area contributed by atoms with Crippen molar-refractivity contribution in [1.29, 1.82) is 0 Å². The van der Waals surface area contributed by atoms with Gasteiger partial charge in [-0.05, 0) is 6.92 Å². The van der Waals surface area contributed by atoms with Gasteiger partial charge in [-0.3, -0.25) is 0 Å². The number of ether oxygens (including phenoxy) is 1. The summed E-state index contributed by atoms with van der Waals surface area (Å²) in [5.41, 5.74) is 0.340. The van der Waals surface area contributed by atoms with Gasteiger partial charge in [0.1, 0.15) is 5.69 Å². The Hall–Kier alpha value is -1.01. The topological polar surface area (TPSA) is 75.2 Å². The highest BCUT2D eigenvalue weighted by atomic mass is 32.2. The summed E-state index contributed by atoms with van der Waals surface area (Å²) in [7, 11) is 0. The Morgan fingerprint density at radius 2 is 2.57 bits per heavy atom. The molecule has 14 heavy (non-hydrogen) atoms. The molecule has 1 aromatic rings. The maximum atomic E-state index is 11.2. The van der Waals surface area contributed by atoms with Crippen molar-refractivity contribution in [2.75, 3.05) is 19.0 Å². The molecule has 0 aromatic carbocycles. The first-order valence-corrected chi connectivity index (χ1v) is 5.22. The first kappa shape index (κ1) is 11.1. The summed E-state index contributed by atoms with van der Waals surface area (Å²) in [6.45, 7) is 2.17. The number of esters is 1. The molecular formula is C8H12N2O3S. The zero-order chi connectivity index (χ0) is 10.4. The van der Waals surface area contributed by atoms with Crippen LogP contribution in [0.1, 0.15) is 17.4 Å². The van der Waals surface area contributed by atoms with Gasteiger partial charge in [-0.2, -0.15) is 0 Å². The highest BCUT2D eigenvalue weighted by Gasteiger charge is 2.09. The minimum absolute atomic E-state index is 0.0834. The zero-order valence-electron chi connectivity index (χ0n) is 7.82. The van der Waals surface area contributed by atoms with Crippen molar-refractivity contribution in [3.63, 3.8) is 0 Å². The number of rotatable bonds is 5. The lowest BCUT2D eigenvalue weighted by Gasteiger charge is -1.97. The second kappa shape index (κ2) is 5.66. The van der Waals surface area contributed by atoms with Crippen LogP contribution in [0.5, 0.6) is 0 Å². The summed E-state index contributed by atoms with van der Waals surface area (Å²) in [5, 5.41) is 9.19. The van der Waals surface area contributed by atoms with Gasteiger partial charge in [0, 0.05) is 5.75 Å². The van der Waals surface area contributed by atoms with E-state index < -0.39 is 5.97 Å². The van der Waals surface area contributed by atoms with Crippen LogP contribution in [0.4, 0.5) is 0 Å². The first-order valence-electron chi connectivity index (χ1n) is 4.23. The van der Waals surface area contributed by atoms with Crippen LogP contribution in [0.15, 0.2) is 11.4 Å². The fraction of sp³-hybridized carbons (Fsp3) is 0.500. The number of aromatic amines is 1. The third kappa shape index (κ3) is 3.04. The summed E-state index contributed by atoms with van der Waals surface area (Å²) < 4.78 is 4.78. The van der Waals surface area contributed by atoms with Crippen LogP contribution in [0.2, 0.25) is 0 Å². The SMILES string of the molecule is CCOC(=O)c1cnc(SCCO)[nH]1. The number of aromatic nitrogens is 2. The molecule has 0 aliphatic carbocycles. The van der Waals surface area contributed by atoms with Gasteiger partial charge in [0.2, 0.25) is 0 Å². The molecule has 0 saturated carbocycles. The van der Waals surface area contributed by atoms with Gasteiger partial charge >= 0.3 is 5.97 Å². The Labute approximate surface area is 85.9 Å². The number of thioether (sulfide) groups is 1. The normalized spacial score (nSPS) is 10.1. The third-order valence-electron chi connectivity index (χ3n) is 1.38. The van der Waals surface area contributed by atoms with E-state index in [1.54, 1.807) is 6.92 Å². The Morgan fingerprint density at radius 3 is 3.21 bits per heavy atom. The van der Waals surface area contributed by atoms with Gasteiger partial charge < -0.3 is 14.8 Å². The van der Waals surface area contributed by atoms with Crippen LogP contribution >= 0.6 is 11.8 Å². The quantitative estimate of drug-likeness (QED) is 0.559. The summed E-state index contributed by atoms with van der Waals surface area (Å²) in [6, 6.07) is 0. The Morgan fingerprint density at radius 1 is 1.79 bits per heavy atom. The fourth-order valence-electron chi connectivity index (χ4n) is 0.831. The van der Waals surface area contributed by atoms with E-state index >= 15 is 0 Å². The van der Waals surface area contributed by atoms with Gasteiger partial charge in [0.05, 0.1) is 19.4 Å². The van der Waals surface area contributed by atoms with Crippen LogP contribution in [0, 0.1) is 0 Å². The number of hydrogen-bond acceptors (Lipinski definition) is 5. The van der Waals surface area contributed by atoms with Gasteiger partial charge in [0.25, 0.3) is 0 Å². The number of H-pyrrole nitrogens is 1. The third-order valence-corrected chi connectivity index (χ3v) is 2.25. The molecule has 0 aliphatic heterocycles. The molecule has 0 amide bonds. The van der Waals surface area contributed by atoms with Crippen LogP contribution in [-0.4, -0.2) is 40.0 Å².